The van der Waals surface area contributed by atoms with Crippen LogP contribution in [0.15, 0.2) is 36.7 Å². The van der Waals surface area contributed by atoms with Gasteiger partial charge in [-0.2, -0.15) is 0 Å². The number of allylic oxidation sites excluding steroid dienone is 1. The van der Waals surface area contributed by atoms with Crippen LogP contribution in [0.4, 0.5) is 4.39 Å². The van der Waals surface area contributed by atoms with Crippen molar-refractivity contribution in [3.8, 4) is 0 Å². The van der Waals surface area contributed by atoms with Gasteiger partial charge in [-0.25, -0.2) is 4.39 Å². The largest absolute Gasteiger partial charge is 0.216 e. The molecule has 0 radical (unpaired) electrons. The lowest BCUT2D eigenvalue weighted by Crippen LogP contribution is -2.11. The molecular weight excluding hydrogens is 235 g/mol. The van der Waals surface area contributed by atoms with Crippen molar-refractivity contribution in [2.45, 2.75) is 57.8 Å². The number of halogens is 1. The maximum atomic E-state index is 12.2. The van der Waals surface area contributed by atoms with Crippen LogP contribution in [-0.4, -0.2) is 0 Å². The number of benzene rings is 1. The third kappa shape index (κ3) is 4.19. The van der Waals surface area contributed by atoms with Crippen LogP contribution in [-0.2, 0) is 6.42 Å². The first-order chi connectivity index (χ1) is 9.33. The summed E-state index contributed by atoms with van der Waals surface area (Å²) >= 11 is 0. The van der Waals surface area contributed by atoms with Crippen molar-refractivity contribution in [2.24, 2.45) is 5.92 Å². The van der Waals surface area contributed by atoms with Crippen molar-refractivity contribution in [3.05, 3.63) is 47.8 Å². The van der Waals surface area contributed by atoms with E-state index in [1.54, 1.807) is 6.08 Å². The van der Waals surface area contributed by atoms with E-state index >= 15 is 0 Å². The lowest BCUT2D eigenvalue weighted by atomic mass is 9.78. The van der Waals surface area contributed by atoms with Crippen LogP contribution in [0.2, 0.25) is 0 Å². The molecule has 0 spiro atoms. The Bertz CT molecular complexity index is 383. The summed E-state index contributed by atoms with van der Waals surface area (Å²) in [6, 6.07) is 9.19. The molecule has 1 aromatic rings. The Hall–Kier alpha value is -1.11. The van der Waals surface area contributed by atoms with E-state index in [1.807, 2.05) is 0 Å². The fourth-order valence-electron chi connectivity index (χ4n) is 3.09. The second-order valence-corrected chi connectivity index (χ2v) is 5.78. The summed E-state index contributed by atoms with van der Waals surface area (Å²) in [5, 5.41) is 0. The summed E-state index contributed by atoms with van der Waals surface area (Å²) in [7, 11) is 0. The quantitative estimate of drug-likeness (QED) is 0.629. The van der Waals surface area contributed by atoms with E-state index in [-0.39, 0.29) is 0 Å². The molecule has 0 nitrogen and oxygen atoms in total. The molecule has 0 N–H and O–H groups in total. The zero-order chi connectivity index (χ0) is 13.5. The third-order valence-corrected chi connectivity index (χ3v) is 4.39. The van der Waals surface area contributed by atoms with E-state index in [0.717, 1.165) is 12.8 Å². The Morgan fingerprint density at radius 2 is 1.79 bits per heavy atom. The maximum absolute atomic E-state index is 12.2. The van der Waals surface area contributed by atoms with Crippen molar-refractivity contribution in [1.29, 1.82) is 0 Å². The van der Waals surface area contributed by atoms with Gasteiger partial charge in [-0.15, -0.1) is 0 Å². The average molecular weight is 260 g/mol. The van der Waals surface area contributed by atoms with E-state index in [4.69, 9.17) is 0 Å². The van der Waals surface area contributed by atoms with Crippen molar-refractivity contribution in [2.75, 3.05) is 0 Å². The smallest absolute Gasteiger partial charge is 0.0829 e. The molecule has 1 fully saturated rings. The number of hydrogen-bond acceptors (Lipinski definition) is 0. The van der Waals surface area contributed by atoms with Crippen molar-refractivity contribution < 1.29 is 4.39 Å². The summed E-state index contributed by atoms with van der Waals surface area (Å²) in [4.78, 5) is 0. The third-order valence-electron chi connectivity index (χ3n) is 4.39. The van der Waals surface area contributed by atoms with E-state index in [0.29, 0.717) is 18.2 Å². The maximum Gasteiger partial charge on any atom is 0.0829 e. The fourth-order valence-corrected chi connectivity index (χ4v) is 3.09. The standard InChI is InChI=1S/C18H25F/c1-2-3-4-15-5-9-17(10-6-15)18-11-7-16(8-12-18)13-14-19/h5-6,9-10,13-14,16,18H,2-4,7-8,11-12H2,1H3. The molecule has 1 aliphatic carbocycles. The van der Waals surface area contributed by atoms with Gasteiger partial charge in [-0.1, -0.05) is 43.7 Å². The molecule has 0 aromatic heterocycles. The Morgan fingerprint density at radius 1 is 1.11 bits per heavy atom. The molecule has 0 unspecified atom stereocenters. The molecule has 1 aromatic carbocycles. The highest BCUT2D eigenvalue weighted by Gasteiger charge is 2.20. The molecule has 0 saturated heterocycles. The molecular formula is C18H25F. The highest BCUT2D eigenvalue weighted by atomic mass is 19.1. The number of aryl methyl sites for hydroxylation is 1. The summed E-state index contributed by atoms with van der Waals surface area (Å²) in [5.41, 5.74) is 2.93. The number of unbranched alkanes of at least 4 members (excludes halogenated alkanes) is 1. The Balaban J connectivity index is 1.89. The minimum absolute atomic E-state index is 0.463. The summed E-state index contributed by atoms with van der Waals surface area (Å²) in [5.74, 6) is 1.15. The van der Waals surface area contributed by atoms with Crippen LogP contribution >= 0.6 is 0 Å². The minimum Gasteiger partial charge on any atom is -0.216 e. The van der Waals surface area contributed by atoms with Gasteiger partial charge in [-0.3, -0.25) is 0 Å². The number of hydrogen-bond donors (Lipinski definition) is 0. The molecule has 104 valence electrons. The molecule has 0 heterocycles. The molecule has 1 heteroatoms. The monoisotopic (exact) mass is 260 g/mol. The summed E-state index contributed by atoms with van der Waals surface area (Å²) in [6.45, 7) is 2.23. The Labute approximate surface area is 116 Å². The predicted molar refractivity (Wildman–Crippen MR) is 80.0 cm³/mol. The first-order valence-electron chi connectivity index (χ1n) is 7.69. The van der Waals surface area contributed by atoms with Gasteiger partial charge in [0.05, 0.1) is 6.33 Å². The number of rotatable bonds is 5. The fraction of sp³-hybridized carbons (Fsp3) is 0.556. The van der Waals surface area contributed by atoms with E-state index in [2.05, 4.69) is 31.2 Å². The predicted octanol–water partition coefficient (Wildman–Crippen LogP) is 5.79. The van der Waals surface area contributed by atoms with Crippen LogP contribution in [0.25, 0.3) is 0 Å². The highest BCUT2D eigenvalue weighted by Crippen LogP contribution is 2.36. The molecule has 1 saturated carbocycles. The van der Waals surface area contributed by atoms with Crippen LogP contribution in [0.3, 0.4) is 0 Å². The molecule has 1 aliphatic rings. The lowest BCUT2D eigenvalue weighted by Gasteiger charge is -2.27. The van der Waals surface area contributed by atoms with Crippen LogP contribution in [0.5, 0.6) is 0 Å². The average Bonchev–Trinajstić information content (AvgIpc) is 2.47. The summed E-state index contributed by atoms with van der Waals surface area (Å²) in [6.07, 6.45) is 10.8. The van der Waals surface area contributed by atoms with Gasteiger partial charge >= 0.3 is 0 Å². The molecule has 0 aliphatic heterocycles. The van der Waals surface area contributed by atoms with Gasteiger partial charge < -0.3 is 0 Å². The summed E-state index contributed by atoms with van der Waals surface area (Å²) < 4.78 is 12.2. The topological polar surface area (TPSA) is 0 Å². The molecule has 0 bridgehead atoms. The van der Waals surface area contributed by atoms with Crippen molar-refractivity contribution in [1.82, 2.24) is 0 Å². The van der Waals surface area contributed by atoms with Gasteiger partial charge in [0.25, 0.3) is 0 Å². The van der Waals surface area contributed by atoms with Crippen molar-refractivity contribution in [3.63, 3.8) is 0 Å². The minimum atomic E-state index is 0.463. The van der Waals surface area contributed by atoms with Gasteiger partial charge in [0.2, 0.25) is 0 Å². The van der Waals surface area contributed by atoms with Gasteiger partial charge in [0.15, 0.2) is 0 Å². The molecule has 2 rings (SSSR count). The lowest BCUT2D eigenvalue weighted by molar-refractivity contribution is 0.373. The first-order valence-corrected chi connectivity index (χ1v) is 7.69. The molecule has 19 heavy (non-hydrogen) atoms. The van der Waals surface area contributed by atoms with Gasteiger partial charge in [0, 0.05) is 0 Å². The van der Waals surface area contributed by atoms with Crippen LogP contribution < -0.4 is 0 Å². The van der Waals surface area contributed by atoms with Gasteiger partial charge in [0.1, 0.15) is 0 Å². The SMILES string of the molecule is CCCCc1ccc(C2CCC(C=CF)CC2)cc1. The van der Waals surface area contributed by atoms with Crippen LogP contribution in [0, 0.1) is 5.92 Å². The molecule has 0 amide bonds. The molecule has 0 atom stereocenters. The van der Waals surface area contributed by atoms with Gasteiger partial charge in [-0.05, 0) is 61.5 Å². The van der Waals surface area contributed by atoms with E-state index < -0.39 is 0 Å². The zero-order valence-corrected chi connectivity index (χ0v) is 11.9. The normalized spacial score (nSPS) is 23.9. The Morgan fingerprint density at radius 3 is 2.37 bits per heavy atom. The Kier molecular flexibility index (Phi) is 5.62. The van der Waals surface area contributed by atoms with E-state index in [9.17, 15) is 4.39 Å². The second kappa shape index (κ2) is 7.47. The first kappa shape index (κ1) is 14.3. The zero-order valence-electron chi connectivity index (χ0n) is 11.9. The second-order valence-electron chi connectivity index (χ2n) is 5.78. The van der Waals surface area contributed by atoms with E-state index in [1.165, 1.54) is 43.2 Å². The van der Waals surface area contributed by atoms with Crippen LogP contribution in [0.1, 0.15) is 62.5 Å². The van der Waals surface area contributed by atoms with Crippen molar-refractivity contribution >= 4 is 0 Å². The highest BCUT2D eigenvalue weighted by molar-refractivity contribution is 5.26.